The highest BCUT2D eigenvalue weighted by molar-refractivity contribution is 6.72. The molecule has 32 heavy (non-hydrogen) atoms. The Morgan fingerprint density at radius 2 is 0.594 bits per heavy atom. The minimum absolute atomic E-state index is 0.840. The minimum Gasteiger partial charge on any atom is -0.297 e. The highest BCUT2D eigenvalue weighted by Crippen LogP contribution is 2.28. The molecule has 0 bridgehead atoms. The molecule has 0 N–H and O–H groups in total. The second-order valence-electron chi connectivity index (χ2n) is 12.3. The Bertz CT molecular complexity index is 322. The topological polar surface area (TPSA) is 19.9 Å². The van der Waals surface area contributed by atoms with Gasteiger partial charge in [0.05, 0.1) is 0 Å². The molecule has 0 saturated carbocycles. The Morgan fingerprint density at radius 3 is 0.844 bits per heavy atom. The van der Waals surface area contributed by atoms with Crippen molar-refractivity contribution in [3.63, 3.8) is 0 Å². The summed E-state index contributed by atoms with van der Waals surface area (Å²) in [6, 6.07) is 3.20. The van der Waals surface area contributed by atoms with Crippen molar-refractivity contribution in [2.45, 2.75) is 175 Å². The van der Waals surface area contributed by atoms with Gasteiger partial charge in [-0.05, 0) is 35.9 Å². The highest BCUT2D eigenvalue weighted by Gasteiger charge is 2.31. The molecule has 1 radical (unpaired) electrons. The van der Waals surface area contributed by atoms with E-state index in [4.69, 9.17) is 0 Å². The summed E-state index contributed by atoms with van der Waals surface area (Å²) in [5.41, 5.74) is 0. The normalized spacial score (nSPS) is 12.6. The Hall–Kier alpha value is 0.177. The largest absolute Gasteiger partial charge is 0.297 e. The second-order valence-corrected chi connectivity index (χ2v) is 16.1. The lowest BCUT2D eigenvalue weighted by Crippen LogP contribution is -2.32. The minimum atomic E-state index is -2.26. The molecule has 0 unspecified atom stereocenters. The van der Waals surface area contributed by atoms with E-state index in [1.807, 2.05) is 0 Å². The van der Waals surface area contributed by atoms with Crippen molar-refractivity contribution < 1.29 is 4.80 Å². The van der Waals surface area contributed by atoms with Crippen LogP contribution < -0.4 is 0 Å². The SMILES string of the molecule is CC(C)CCCCCCC[Si]([O])(CCCCCCCC(C)C)CCCCCCCC(C)C. The molecule has 0 heterocycles. The summed E-state index contributed by atoms with van der Waals surface area (Å²) in [5.74, 6) is 2.52. The van der Waals surface area contributed by atoms with Gasteiger partial charge in [-0.15, -0.1) is 0 Å². The molecule has 0 aliphatic carbocycles. The van der Waals surface area contributed by atoms with Crippen LogP contribution in [0.1, 0.15) is 157 Å². The molecule has 0 rings (SSSR count). The van der Waals surface area contributed by atoms with E-state index in [0.717, 1.165) is 35.9 Å². The van der Waals surface area contributed by atoms with Crippen LogP contribution in [0.25, 0.3) is 0 Å². The monoisotopic (exact) mass is 467 g/mol. The van der Waals surface area contributed by atoms with Crippen LogP contribution in [-0.2, 0) is 4.80 Å². The van der Waals surface area contributed by atoms with Gasteiger partial charge in [0.25, 0.3) is 0 Å². The zero-order chi connectivity index (χ0) is 24.1. The zero-order valence-corrected chi connectivity index (χ0v) is 24.5. The highest BCUT2D eigenvalue weighted by atomic mass is 28.4. The lowest BCUT2D eigenvalue weighted by atomic mass is 10.0. The quantitative estimate of drug-likeness (QED) is 0.0993. The summed E-state index contributed by atoms with van der Waals surface area (Å²) in [5, 5.41) is 0. The molecular formula is C30H63OSi. The molecule has 0 atom stereocenters. The molecule has 0 aliphatic heterocycles. The van der Waals surface area contributed by atoms with Crippen LogP contribution in [0.3, 0.4) is 0 Å². The van der Waals surface area contributed by atoms with Crippen molar-refractivity contribution in [1.29, 1.82) is 0 Å². The number of hydrogen-bond donors (Lipinski definition) is 0. The van der Waals surface area contributed by atoms with Crippen molar-refractivity contribution in [2.24, 2.45) is 17.8 Å². The van der Waals surface area contributed by atoms with Crippen LogP contribution in [0.4, 0.5) is 0 Å². The van der Waals surface area contributed by atoms with Gasteiger partial charge in [-0.25, -0.2) is 0 Å². The van der Waals surface area contributed by atoms with Crippen LogP contribution in [0.15, 0.2) is 0 Å². The molecule has 1 nitrogen and oxygen atoms in total. The van der Waals surface area contributed by atoms with Gasteiger partial charge in [0.15, 0.2) is 0 Å². The van der Waals surface area contributed by atoms with E-state index >= 15 is 0 Å². The van der Waals surface area contributed by atoms with Crippen molar-refractivity contribution in [3.05, 3.63) is 0 Å². The summed E-state index contributed by atoms with van der Waals surface area (Å²) < 4.78 is 0. The molecule has 193 valence electrons. The maximum absolute atomic E-state index is 13.8. The predicted molar refractivity (Wildman–Crippen MR) is 148 cm³/mol. The van der Waals surface area contributed by atoms with E-state index in [9.17, 15) is 4.80 Å². The molecule has 0 aliphatic rings. The van der Waals surface area contributed by atoms with Gasteiger partial charge in [0.1, 0.15) is 0 Å². The van der Waals surface area contributed by atoms with E-state index in [2.05, 4.69) is 41.5 Å². The Morgan fingerprint density at radius 1 is 0.375 bits per heavy atom. The van der Waals surface area contributed by atoms with Gasteiger partial charge in [-0.1, -0.05) is 157 Å². The molecule has 0 amide bonds. The first-order valence-corrected chi connectivity index (χ1v) is 17.5. The predicted octanol–water partition coefficient (Wildman–Crippen LogP) is 11.4. The fourth-order valence-corrected chi connectivity index (χ4v) is 8.40. The van der Waals surface area contributed by atoms with Crippen molar-refractivity contribution in [2.75, 3.05) is 0 Å². The smallest absolute Gasteiger partial charge is 0.237 e. The summed E-state index contributed by atoms with van der Waals surface area (Å²) >= 11 is 0. The van der Waals surface area contributed by atoms with Gasteiger partial charge in [-0.3, -0.25) is 4.80 Å². The molecule has 0 saturated heterocycles. The first kappa shape index (κ1) is 32.2. The molecule has 0 aromatic rings. The standard InChI is InChI=1S/C30H63OSi/c1-28(2)22-16-10-7-13-19-25-32(31,26-20-14-8-11-17-23-29(3)4)27-21-15-9-12-18-24-30(5)6/h28-30H,7-27H2,1-6H3. The van der Waals surface area contributed by atoms with Crippen LogP contribution in [0.5, 0.6) is 0 Å². The van der Waals surface area contributed by atoms with Crippen LogP contribution >= 0.6 is 0 Å². The average molecular weight is 468 g/mol. The van der Waals surface area contributed by atoms with E-state index in [1.54, 1.807) is 0 Å². The molecule has 0 spiro atoms. The number of unbranched alkanes of at least 4 members (excludes halogenated alkanes) is 12. The summed E-state index contributed by atoms with van der Waals surface area (Å²) in [7, 11) is -2.26. The third-order valence-corrected chi connectivity index (χ3v) is 11.0. The van der Waals surface area contributed by atoms with Crippen LogP contribution in [-0.4, -0.2) is 8.32 Å². The van der Waals surface area contributed by atoms with Gasteiger partial charge in [-0.2, -0.15) is 0 Å². The third-order valence-electron chi connectivity index (χ3n) is 7.24. The van der Waals surface area contributed by atoms with E-state index in [1.165, 1.54) is 116 Å². The average Bonchev–Trinajstić information content (AvgIpc) is 2.71. The summed E-state index contributed by atoms with van der Waals surface area (Å²) in [6.07, 6.45) is 24.0. The first-order valence-electron chi connectivity index (χ1n) is 15.0. The first-order chi connectivity index (χ1) is 15.2. The lowest BCUT2D eigenvalue weighted by molar-refractivity contribution is 0.397. The third kappa shape index (κ3) is 23.3. The van der Waals surface area contributed by atoms with Gasteiger partial charge in [0, 0.05) is 0 Å². The van der Waals surface area contributed by atoms with Gasteiger partial charge < -0.3 is 0 Å². The van der Waals surface area contributed by atoms with Gasteiger partial charge >= 0.3 is 0 Å². The summed E-state index contributed by atoms with van der Waals surface area (Å²) in [6.45, 7) is 14.0. The fraction of sp³-hybridized carbons (Fsp3) is 1.00. The molecule has 0 aromatic heterocycles. The Labute approximate surface area is 206 Å². The maximum Gasteiger partial charge on any atom is 0.237 e. The van der Waals surface area contributed by atoms with E-state index in [0.29, 0.717) is 0 Å². The maximum atomic E-state index is 13.8. The van der Waals surface area contributed by atoms with Crippen molar-refractivity contribution in [1.82, 2.24) is 0 Å². The Kier molecular flexibility index (Phi) is 21.8. The zero-order valence-electron chi connectivity index (χ0n) is 23.5. The van der Waals surface area contributed by atoms with Crippen molar-refractivity contribution in [3.8, 4) is 0 Å². The number of rotatable bonds is 24. The van der Waals surface area contributed by atoms with Crippen LogP contribution in [0.2, 0.25) is 18.1 Å². The van der Waals surface area contributed by atoms with Crippen LogP contribution in [0, 0.1) is 17.8 Å². The van der Waals surface area contributed by atoms with E-state index < -0.39 is 8.32 Å². The van der Waals surface area contributed by atoms with Crippen molar-refractivity contribution >= 4 is 8.32 Å². The second kappa shape index (κ2) is 21.7. The molecule has 0 aromatic carbocycles. The fourth-order valence-electron chi connectivity index (χ4n) is 4.97. The summed E-state index contributed by atoms with van der Waals surface area (Å²) in [4.78, 5) is 13.8. The lowest BCUT2D eigenvalue weighted by Gasteiger charge is -2.23. The molecule has 0 fully saturated rings. The van der Waals surface area contributed by atoms with Gasteiger partial charge in [0.2, 0.25) is 8.32 Å². The number of hydrogen-bond acceptors (Lipinski definition) is 0. The van der Waals surface area contributed by atoms with E-state index in [-0.39, 0.29) is 0 Å². The Balaban J connectivity index is 4.12. The molecule has 2 heteroatoms. The molecular weight excluding hydrogens is 404 g/mol.